The molecule has 1 aromatic rings. The van der Waals surface area contributed by atoms with Gasteiger partial charge in [0.25, 0.3) is 0 Å². The van der Waals surface area contributed by atoms with Crippen LogP contribution in [0.1, 0.15) is 25.3 Å². The lowest BCUT2D eigenvalue weighted by Gasteiger charge is -2.17. The second kappa shape index (κ2) is 9.05. The molecule has 1 aliphatic carbocycles. The average molecular weight is 333 g/mol. The van der Waals surface area contributed by atoms with Gasteiger partial charge in [0.1, 0.15) is 0 Å². The molecule has 0 radical (unpaired) electrons. The Bertz CT molecular complexity index is 566. The summed E-state index contributed by atoms with van der Waals surface area (Å²) < 4.78 is 16.1. The molecule has 0 saturated heterocycles. The molecule has 0 spiro atoms. The Balaban J connectivity index is 2.14. The molecular formula is C18H27N3O3. The topological polar surface area (TPSA) is 64.1 Å². The Kier molecular flexibility index (Phi) is 6.78. The standard InChI is InChI=1S/C18H27N3O3/c1-5-19-18(21-14-8-6-7-9-14)20-12-13-10-15(22-2)17(24-4)16(11-13)23-3/h6-7,10-11,14H,5,8-9,12H2,1-4H3,(H2,19,20,21). The summed E-state index contributed by atoms with van der Waals surface area (Å²) in [7, 11) is 4.83. The van der Waals surface area contributed by atoms with Gasteiger partial charge in [0.05, 0.1) is 27.9 Å². The van der Waals surface area contributed by atoms with Crippen molar-refractivity contribution in [3.05, 3.63) is 29.8 Å². The molecule has 0 bridgehead atoms. The summed E-state index contributed by atoms with van der Waals surface area (Å²) in [6.07, 6.45) is 6.46. The number of nitrogens with one attached hydrogen (secondary N) is 2. The molecule has 0 heterocycles. The fourth-order valence-electron chi connectivity index (χ4n) is 2.65. The SMILES string of the molecule is CCNC(=NCc1cc(OC)c(OC)c(OC)c1)NC1CC=CC1. The first-order chi connectivity index (χ1) is 11.7. The zero-order valence-electron chi connectivity index (χ0n) is 14.9. The first-order valence-electron chi connectivity index (χ1n) is 8.20. The van der Waals surface area contributed by atoms with E-state index in [9.17, 15) is 0 Å². The van der Waals surface area contributed by atoms with Crippen LogP contribution < -0.4 is 24.8 Å². The number of nitrogens with zero attached hydrogens (tertiary/aromatic N) is 1. The highest BCUT2D eigenvalue weighted by Crippen LogP contribution is 2.38. The van der Waals surface area contributed by atoms with Gasteiger partial charge in [-0.2, -0.15) is 0 Å². The van der Waals surface area contributed by atoms with E-state index in [1.165, 1.54) is 0 Å². The van der Waals surface area contributed by atoms with E-state index in [1.54, 1.807) is 21.3 Å². The van der Waals surface area contributed by atoms with E-state index in [0.717, 1.165) is 30.9 Å². The minimum atomic E-state index is 0.419. The molecule has 24 heavy (non-hydrogen) atoms. The number of methoxy groups -OCH3 is 3. The molecule has 132 valence electrons. The Labute approximate surface area is 143 Å². The first-order valence-corrected chi connectivity index (χ1v) is 8.20. The molecule has 2 N–H and O–H groups in total. The van der Waals surface area contributed by atoms with Gasteiger partial charge in [-0.25, -0.2) is 4.99 Å². The van der Waals surface area contributed by atoms with Crippen LogP contribution in [0.2, 0.25) is 0 Å². The van der Waals surface area contributed by atoms with Crippen LogP contribution >= 0.6 is 0 Å². The lowest BCUT2D eigenvalue weighted by Crippen LogP contribution is -2.42. The van der Waals surface area contributed by atoms with Gasteiger partial charge in [0, 0.05) is 12.6 Å². The van der Waals surface area contributed by atoms with Crippen molar-refractivity contribution in [2.24, 2.45) is 4.99 Å². The Morgan fingerprint density at radius 3 is 2.21 bits per heavy atom. The molecule has 0 fully saturated rings. The molecule has 2 rings (SSSR count). The number of hydrogen-bond acceptors (Lipinski definition) is 4. The molecule has 6 nitrogen and oxygen atoms in total. The van der Waals surface area contributed by atoms with E-state index in [0.29, 0.717) is 29.8 Å². The van der Waals surface area contributed by atoms with Crippen molar-refractivity contribution in [2.45, 2.75) is 32.4 Å². The molecule has 1 aliphatic rings. The number of benzene rings is 1. The highest BCUT2D eigenvalue weighted by molar-refractivity contribution is 5.80. The summed E-state index contributed by atoms with van der Waals surface area (Å²) in [5.74, 6) is 2.69. The molecule has 0 aromatic heterocycles. The molecule has 0 unspecified atom stereocenters. The van der Waals surface area contributed by atoms with Crippen LogP contribution in [0, 0.1) is 0 Å². The van der Waals surface area contributed by atoms with Crippen LogP contribution in [-0.2, 0) is 6.54 Å². The van der Waals surface area contributed by atoms with Gasteiger partial charge in [-0.15, -0.1) is 0 Å². The third-order valence-electron chi connectivity index (χ3n) is 3.84. The lowest BCUT2D eigenvalue weighted by atomic mass is 10.2. The fourth-order valence-corrected chi connectivity index (χ4v) is 2.65. The van der Waals surface area contributed by atoms with E-state index in [1.807, 2.05) is 12.1 Å². The third-order valence-corrected chi connectivity index (χ3v) is 3.84. The van der Waals surface area contributed by atoms with Gasteiger partial charge in [-0.3, -0.25) is 0 Å². The van der Waals surface area contributed by atoms with Gasteiger partial charge >= 0.3 is 0 Å². The predicted molar refractivity (Wildman–Crippen MR) is 96.2 cm³/mol. The van der Waals surface area contributed by atoms with Crippen LogP contribution in [0.25, 0.3) is 0 Å². The van der Waals surface area contributed by atoms with Crippen molar-refractivity contribution in [3.63, 3.8) is 0 Å². The molecule has 6 heteroatoms. The van der Waals surface area contributed by atoms with Gasteiger partial charge < -0.3 is 24.8 Å². The Morgan fingerprint density at radius 2 is 1.71 bits per heavy atom. The lowest BCUT2D eigenvalue weighted by molar-refractivity contribution is 0.324. The van der Waals surface area contributed by atoms with E-state index in [4.69, 9.17) is 14.2 Å². The highest BCUT2D eigenvalue weighted by Gasteiger charge is 2.14. The molecule has 0 amide bonds. The first kappa shape index (κ1) is 18.0. The second-order valence-electron chi connectivity index (χ2n) is 5.51. The van der Waals surface area contributed by atoms with Crippen molar-refractivity contribution in [1.29, 1.82) is 0 Å². The zero-order valence-corrected chi connectivity index (χ0v) is 14.9. The largest absolute Gasteiger partial charge is 0.493 e. The van der Waals surface area contributed by atoms with Crippen molar-refractivity contribution >= 4 is 5.96 Å². The Hall–Kier alpha value is -2.37. The van der Waals surface area contributed by atoms with Crippen molar-refractivity contribution in [3.8, 4) is 17.2 Å². The van der Waals surface area contributed by atoms with Crippen molar-refractivity contribution in [2.75, 3.05) is 27.9 Å². The summed E-state index contributed by atoms with van der Waals surface area (Å²) in [4.78, 5) is 4.67. The van der Waals surface area contributed by atoms with Crippen LogP contribution in [0.5, 0.6) is 17.2 Å². The molecule has 0 atom stereocenters. The molecule has 1 aromatic carbocycles. The van der Waals surface area contributed by atoms with E-state index < -0.39 is 0 Å². The van der Waals surface area contributed by atoms with Crippen LogP contribution in [0.3, 0.4) is 0 Å². The third kappa shape index (κ3) is 4.57. The molecule has 0 aliphatic heterocycles. The van der Waals surface area contributed by atoms with Gasteiger partial charge in [-0.1, -0.05) is 12.2 Å². The Morgan fingerprint density at radius 1 is 1.08 bits per heavy atom. The summed E-state index contributed by atoms with van der Waals surface area (Å²) in [6.45, 7) is 3.40. The quantitative estimate of drug-likeness (QED) is 0.456. The van der Waals surface area contributed by atoms with Crippen molar-refractivity contribution in [1.82, 2.24) is 10.6 Å². The number of guanidine groups is 1. The summed E-state index contributed by atoms with van der Waals surface area (Å²) in [5, 5.41) is 6.74. The minimum absolute atomic E-state index is 0.419. The van der Waals surface area contributed by atoms with Crippen LogP contribution in [0.4, 0.5) is 0 Å². The minimum Gasteiger partial charge on any atom is -0.493 e. The molecular weight excluding hydrogens is 306 g/mol. The van der Waals surface area contributed by atoms with E-state index in [-0.39, 0.29) is 0 Å². The predicted octanol–water partition coefficient (Wildman–Crippen LogP) is 2.49. The van der Waals surface area contributed by atoms with E-state index >= 15 is 0 Å². The second-order valence-corrected chi connectivity index (χ2v) is 5.51. The number of ether oxygens (including phenoxy) is 3. The van der Waals surface area contributed by atoms with Crippen LogP contribution in [0.15, 0.2) is 29.3 Å². The number of aliphatic imine (C=N–C) groups is 1. The number of rotatable bonds is 7. The van der Waals surface area contributed by atoms with Crippen molar-refractivity contribution < 1.29 is 14.2 Å². The van der Waals surface area contributed by atoms with Gasteiger partial charge in [0.2, 0.25) is 5.75 Å². The zero-order chi connectivity index (χ0) is 17.4. The normalized spacial score (nSPS) is 14.6. The smallest absolute Gasteiger partial charge is 0.203 e. The maximum absolute atomic E-state index is 5.39. The monoisotopic (exact) mass is 333 g/mol. The van der Waals surface area contributed by atoms with E-state index in [2.05, 4.69) is 34.7 Å². The summed E-state index contributed by atoms with van der Waals surface area (Å²) >= 11 is 0. The molecule has 0 saturated carbocycles. The summed E-state index contributed by atoms with van der Waals surface area (Å²) in [5.41, 5.74) is 0.992. The maximum atomic E-state index is 5.39. The van der Waals surface area contributed by atoms with Gasteiger partial charge in [0.15, 0.2) is 17.5 Å². The van der Waals surface area contributed by atoms with Gasteiger partial charge in [-0.05, 0) is 37.5 Å². The highest BCUT2D eigenvalue weighted by atomic mass is 16.5. The average Bonchev–Trinajstić information content (AvgIpc) is 3.11. The fraction of sp³-hybridized carbons (Fsp3) is 0.500. The number of hydrogen-bond donors (Lipinski definition) is 2. The van der Waals surface area contributed by atoms with Crippen LogP contribution in [-0.4, -0.2) is 39.9 Å². The maximum Gasteiger partial charge on any atom is 0.203 e. The summed E-state index contributed by atoms with van der Waals surface area (Å²) in [6, 6.07) is 4.26.